The third-order valence-corrected chi connectivity index (χ3v) is 6.14. The summed E-state index contributed by atoms with van der Waals surface area (Å²) < 4.78 is 17.3. The van der Waals surface area contributed by atoms with Crippen LogP contribution in [0.3, 0.4) is 0 Å². The molecule has 1 aromatic heterocycles. The Morgan fingerprint density at radius 1 is 1.19 bits per heavy atom. The fraction of sp³-hybridized carbons (Fsp3) is 0.417. The lowest BCUT2D eigenvalue weighted by atomic mass is 9.95. The molecule has 0 spiro atoms. The summed E-state index contributed by atoms with van der Waals surface area (Å²) >= 11 is 12.4. The number of nitrogens with zero attached hydrogens (tertiary/aromatic N) is 2. The summed E-state index contributed by atoms with van der Waals surface area (Å²) in [6.45, 7) is 6.42. The molecule has 32 heavy (non-hydrogen) atoms. The van der Waals surface area contributed by atoms with E-state index >= 15 is 0 Å². The van der Waals surface area contributed by atoms with Crippen molar-refractivity contribution in [3.63, 3.8) is 0 Å². The third-order valence-electron chi connectivity index (χ3n) is 5.60. The van der Waals surface area contributed by atoms with Crippen LogP contribution < -0.4 is 4.74 Å². The van der Waals surface area contributed by atoms with E-state index in [0.29, 0.717) is 33.7 Å². The summed E-state index contributed by atoms with van der Waals surface area (Å²) in [7, 11) is 0. The lowest BCUT2D eigenvalue weighted by molar-refractivity contribution is 0.138. The molecule has 0 aliphatic carbocycles. The zero-order chi connectivity index (χ0) is 22.8. The molecule has 1 aliphatic heterocycles. The maximum Gasteiger partial charge on any atom is 0.218 e. The van der Waals surface area contributed by atoms with Gasteiger partial charge in [0.05, 0.1) is 28.9 Å². The number of ether oxygens (including phenoxy) is 2. The molecule has 0 bridgehead atoms. The Hall–Kier alpha value is -2.28. The average Bonchev–Trinajstić information content (AvgIpc) is 3.34. The second-order valence-electron chi connectivity index (χ2n) is 8.31. The van der Waals surface area contributed by atoms with Crippen LogP contribution in [-0.4, -0.2) is 41.5 Å². The largest absolute Gasteiger partial charge is 0.491 e. The Morgan fingerprint density at radius 3 is 2.72 bits per heavy atom. The monoisotopic (exact) mass is 476 g/mol. The van der Waals surface area contributed by atoms with Gasteiger partial charge in [-0.25, -0.2) is 4.99 Å². The second-order valence-corrected chi connectivity index (χ2v) is 9.15. The smallest absolute Gasteiger partial charge is 0.218 e. The van der Waals surface area contributed by atoms with Gasteiger partial charge in [0.1, 0.15) is 18.5 Å². The summed E-state index contributed by atoms with van der Waals surface area (Å²) in [5, 5.41) is 15.3. The van der Waals surface area contributed by atoms with E-state index in [9.17, 15) is 0 Å². The minimum Gasteiger partial charge on any atom is -0.491 e. The van der Waals surface area contributed by atoms with Crippen LogP contribution in [-0.2, 0) is 11.2 Å². The normalized spacial score (nSPS) is 18.3. The molecular formula is C24H26Cl2N2O4. The molecule has 0 fully saturated rings. The molecule has 4 rings (SSSR count). The van der Waals surface area contributed by atoms with Gasteiger partial charge in [-0.1, -0.05) is 42.2 Å². The maximum atomic E-state index is 8.99. The molecule has 0 saturated heterocycles. The van der Waals surface area contributed by atoms with Gasteiger partial charge < -0.3 is 19.1 Å². The van der Waals surface area contributed by atoms with Gasteiger partial charge in [0.15, 0.2) is 5.58 Å². The molecule has 0 amide bonds. The van der Waals surface area contributed by atoms with Crippen LogP contribution in [0.1, 0.15) is 37.1 Å². The molecule has 2 heterocycles. The molecule has 1 N–H and O–H groups in total. The van der Waals surface area contributed by atoms with Gasteiger partial charge in [0.2, 0.25) is 5.90 Å². The first-order chi connectivity index (χ1) is 15.4. The molecule has 2 unspecified atom stereocenters. The molecule has 0 saturated carbocycles. The van der Waals surface area contributed by atoms with Crippen LogP contribution >= 0.6 is 23.2 Å². The van der Waals surface area contributed by atoms with Crippen molar-refractivity contribution in [2.45, 2.75) is 45.8 Å². The van der Waals surface area contributed by atoms with Crippen LogP contribution in [0.5, 0.6) is 5.75 Å². The minimum absolute atomic E-state index is 0.0169. The number of aliphatic hydroxyl groups excluding tert-OH is 1. The highest BCUT2D eigenvalue weighted by atomic mass is 35.5. The van der Waals surface area contributed by atoms with Crippen molar-refractivity contribution in [2.24, 2.45) is 10.9 Å². The van der Waals surface area contributed by atoms with E-state index in [1.54, 1.807) is 12.1 Å². The first-order valence-corrected chi connectivity index (χ1v) is 11.5. The van der Waals surface area contributed by atoms with Gasteiger partial charge in [0, 0.05) is 16.5 Å². The number of hydrogen-bond donors (Lipinski definition) is 1. The van der Waals surface area contributed by atoms with Gasteiger partial charge in [-0.2, -0.15) is 0 Å². The van der Waals surface area contributed by atoms with E-state index in [4.69, 9.17) is 47.3 Å². The van der Waals surface area contributed by atoms with E-state index in [1.807, 2.05) is 25.1 Å². The number of hydrogen-bond acceptors (Lipinski definition) is 6. The average molecular weight is 477 g/mol. The summed E-state index contributed by atoms with van der Waals surface area (Å²) in [5.41, 5.74) is 3.27. The van der Waals surface area contributed by atoms with Crippen molar-refractivity contribution in [2.75, 3.05) is 13.2 Å². The molecule has 170 valence electrons. The quantitative estimate of drug-likeness (QED) is 0.456. The van der Waals surface area contributed by atoms with Gasteiger partial charge in [-0.05, 0) is 55.5 Å². The fourth-order valence-electron chi connectivity index (χ4n) is 3.97. The summed E-state index contributed by atoms with van der Waals surface area (Å²) in [6, 6.07) is 9.15. The predicted octanol–water partition coefficient (Wildman–Crippen LogP) is 5.62. The highest BCUT2D eigenvalue weighted by Gasteiger charge is 2.34. The van der Waals surface area contributed by atoms with E-state index in [0.717, 1.165) is 28.6 Å². The Balaban J connectivity index is 1.54. The Bertz CT molecular complexity index is 1140. The van der Waals surface area contributed by atoms with Gasteiger partial charge in [-0.3, -0.25) is 0 Å². The first kappa shape index (κ1) is 22.9. The standard InChI is InChI=1S/C24H26Cl2N2O4/c1-13(2)23-20(27-24(31-23)16-5-4-15(25)11-18(16)26)7-6-19-17-10-14(3)21(30-9-8-29)12-22(17)32-28-19/h4-5,10-13,20,23,29H,6-9H2,1-3H3. The number of aliphatic hydroxyl groups is 1. The van der Waals surface area contributed by atoms with E-state index in [2.05, 4.69) is 19.0 Å². The number of aliphatic imine (C=N–C) groups is 1. The van der Waals surface area contributed by atoms with Crippen LogP contribution in [0.15, 0.2) is 39.8 Å². The number of halogens is 2. The molecule has 2 aromatic carbocycles. The van der Waals surface area contributed by atoms with E-state index in [1.165, 1.54) is 0 Å². The Kier molecular flexibility index (Phi) is 6.93. The molecular weight excluding hydrogens is 451 g/mol. The Labute approximate surface area is 197 Å². The molecule has 6 nitrogen and oxygen atoms in total. The van der Waals surface area contributed by atoms with Crippen LogP contribution in [0.25, 0.3) is 11.0 Å². The van der Waals surface area contributed by atoms with Gasteiger partial charge in [0.25, 0.3) is 0 Å². The van der Waals surface area contributed by atoms with Gasteiger partial charge >= 0.3 is 0 Å². The van der Waals surface area contributed by atoms with Gasteiger partial charge in [-0.15, -0.1) is 0 Å². The highest BCUT2D eigenvalue weighted by molar-refractivity contribution is 6.36. The third kappa shape index (κ3) is 4.72. The van der Waals surface area contributed by atoms with E-state index in [-0.39, 0.29) is 31.3 Å². The predicted molar refractivity (Wildman–Crippen MR) is 126 cm³/mol. The second kappa shape index (κ2) is 9.69. The summed E-state index contributed by atoms with van der Waals surface area (Å²) in [5.74, 6) is 1.53. The van der Waals surface area contributed by atoms with Crippen molar-refractivity contribution in [3.05, 3.63) is 57.2 Å². The van der Waals surface area contributed by atoms with E-state index < -0.39 is 0 Å². The molecule has 3 aromatic rings. The number of rotatable bonds is 8. The minimum atomic E-state index is -0.0462. The number of aromatic nitrogens is 1. The molecule has 8 heteroatoms. The lowest BCUT2D eigenvalue weighted by Gasteiger charge is -2.21. The van der Waals surface area contributed by atoms with Crippen molar-refractivity contribution in [3.8, 4) is 5.75 Å². The topological polar surface area (TPSA) is 77.1 Å². The van der Waals surface area contributed by atoms with Crippen LogP contribution in [0.2, 0.25) is 10.0 Å². The summed E-state index contributed by atoms with van der Waals surface area (Å²) in [6.07, 6.45) is 1.42. The van der Waals surface area contributed by atoms with Crippen molar-refractivity contribution in [1.82, 2.24) is 5.16 Å². The van der Waals surface area contributed by atoms with Crippen molar-refractivity contribution >= 4 is 40.1 Å². The summed E-state index contributed by atoms with van der Waals surface area (Å²) in [4.78, 5) is 4.86. The molecule has 0 radical (unpaired) electrons. The SMILES string of the molecule is Cc1cc2c(CCC3N=C(c4ccc(Cl)cc4Cl)OC3C(C)C)noc2cc1OCCO. The van der Waals surface area contributed by atoms with Crippen molar-refractivity contribution < 1.29 is 19.1 Å². The van der Waals surface area contributed by atoms with Crippen molar-refractivity contribution in [1.29, 1.82) is 0 Å². The first-order valence-electron chi connectivity index (χ1n) is 10.7. The highest BCUT2D eigenvalue weighted by Crippen LogP contribution is 2.32. The fourth-order valence-corrected chi connectivity index (χ4v) is 4.46. The lowest BCUT2D eigenvalue weighted by Crippen LogP contribution is -2.28. The molecule has 1 aliphatic rings. The number of fused-ring (bicyclic) bond motifs is 1. The number of aryl methyl sites for hydroxylation is 2. The zero-order valence-corrected chi connectivity index (χ0v) is 19.8. The number of benzene rings is 2. The Morgan fingerprint density at radius 2 is 2.00 bits per heavy atom. The van der Waals surface area contributed by atoms with Crippen LogP contribution in [0, 0.1) is 12.8 Å². The molecule has 2 atom stereocenters. The zero-order valence-electron chi connectivity index (χ0n) is 18.3. The maximum absolute atomic E-state index is 8.99. The van der Waals surface area contributed by atoms with Crippen LogP contribution in [0.4, 0.5) is 0 Å².